The van der Waals surface area contributed by atoms with E-state index >= 15 is 0 Å². The number of halogens is 18. The lowest BCUT2D eigenvalue weighted by Crippen LogP contribution is -2.75. The summed E-state index contributed by atoms with van der Waals surface area (Å²) in [7, 11) is 0. The normalized spacial score (nSPS) is 15.5. The Kier molecular flexibility index (Phi) is 8.58. The first-order valence-corrected chi connectivity index (χ1v) is 8.24. The van der Waals surface area contributed by atoms with Crippen LogP contribution in [0.5, 0.6) is 0 Å². The molecule has 0 spiro atoms. The molecule has 0 unspecified atom stereocenters. The molecule has 0 aliphatic carbocycles. The molecule has 0 aromatic carbocycles. The third kappa shape index (κ3) is 4.72. The maximum atomic E-state index is 13.6. The van der Waals surface area contributed by atoms with Gasteiger partial charge < -0.3 is 5.11 Å². The molecule has 0 aromatic rings. The van der Waals surface area contributed by atoms with Crippen LogP contribution in [0.15, 0.2) is 12.2 Å². The molecule has 35 heavy (non-hydrogen) atoms. The van der Waals surface area contributed by atoms with Gasteiger partial charge in [0.25, 0.3) is 0 Å². The molecule has 0 heterocycles. The molecule has 0 aliphatic rings. The molecule has 0 bridgehead atoms. The van der Waals surface area contributed by atoms with Gasteiger partial charge in [-0.15, -0.1) is 0 Å². The van der Waals surface area contributed by atoms with Gasteiger partial charge in [-0.05, 0) is 12.8 Å². The summed E-state index contributed by atoms with van der Waals surface area (Å²) in [5.74, 6) is -66.8. The van der Waals surface area contributed by atoms with Crippen LogP contribution >= 0.6 is 0 Å². The number of carboxylic acids is 1. The fraction of sp³-hybridized carbons (Fsp3) is 0.800. The monoisotopic (exact) mass is 564 g/mol. The van der Waals surface area contributed by atoms with E-state index in [-0.39, 0.29) is 0 Å². The number of hydrogen-bond acceptors (Lipinski definition) is 1. The zero-order valence-corrected chi connectivity index (χ0v) is 16.1. The topological polar surface area (TPSA) is 37.3 Å². The summed E-state index contributed by atoms with van der Waals surface area (Å²) in [5, 5.41) is 8.36. The maximum Gasteiger partial charge on any atom is 0.385 e. The molecule has 0 radical (unpaired) electrons. The molecule has 0 saturated heterocycles. The van der Waals surface area contributed by atoms with Gasteiger partial charge in [-0.1, -0.05) is 6.58 Å². The van der Waals surface area contributed by atoms with Gasteiger partial charge in [0.1, 0.15) is 0 Å². The molecular weight excluding hydrogens is 554 g/mol. The standard InChI is InChI=1S/C15H10F18O2/c1-5(6(34)35)3-2-4-8(18,19)10(22,23)12(26,27)14(30,31)15(32,33)13(28,29)11(24,25)9(20,21)7(16)17/h7H,1-4H2,(H,34,35). The zero-order chi connectivity index (χ0) is 28.9. The summed E-state index contributed by atoms with van der Waals surface area (Å²) < 4.78 is 237. The van der Waals surface area contributed by atoms with Crippen LogP contribution in [0.2, 0.25) is 0 Å². The van der Waals surface area contributed by atoms with E-state index in [0.29, 0.717) is 0 Å². The Morgan fingerprint density at radius 1 is 0.629 bits per heavy atom. The molecule has 2 nitrogen and oxygen atoms in total. The van der Waals surface area contributed by atoms with Crippen molar-refractivity contribution in [2.75, 3.05) is 0 Å². The lowest BCUT2D eigenvalue weighted by atomic mass is 9.86. The van der Waals surface area contributed by atoms with Crippen LogP contribution in [0.3, 0.4) is 0 Å². The summed E-state index contributed by atoms with van der Waals surface area (Å²) in [6, 6.07) is 0. The Labute approximate surface area is 181 Å². The predicted octanol–water partition coefficient (Wildman–Crippen LogP) is 7.15. The summed E-state index contributed by atoms with van der Waals surface area (Å²) in [6.07, 6.45) is -11.5. The maximum absolute atomic E-state index is 13.6. The van der Waals surface area contributed by atoms with Gasteiger partial charge in [-0.2, -0.15) is 70.2 Å². The van der Waals surface area contributed by atoms with Gasteiger partial charge in [-0.25, -0.2) is 13.6 Å². The highest BCUT2D eigenvalue weighted by atomic mass is 19.4. The molecule has 0 fully saturated rings. The van der Waals surface area contributed by atoms with Crippen LogP contribution in [0.25, 0.3) is 0 Å². The van der Waals surface area contributed by atoms with Crippen molar-refractivity contribution >= 4 is 5.97 Å². The highest BCUT2D eigenvalue weighted by Gasteiger charge is 2.95. The number of hydrogen-bond donors (Lipinski definition) is 1. The molecule has 208 valence electrons. The van der Waals surface area contributed by atoms with Crippen LogP contribution in [-0.4, -0.2) is 64.9 Å². The number of rotatable bonds is 13. The van der Waals surface area contributed by atoms with E-state index < -0.39 is 84.6 Å². The number of carboxylic acid groups (broad SMARTS) is 1. The fourth-order valence-electron chi connectivity index (χ4n) is 2.15. The first-order valence-electron chi connectivity index (χ1n) is 8.24. The third-order valence-electron chi connectivity index (χ3n) is 4.40. The van der Waals surface area contributed by atoms with E-state index in [2.05, 4.69) is 6.58 Å². The van der Waals surface area contributed by atoms with Gasteiger partial charge in [-0.3, -0.25) is 0 Å². The second-order valence-electron chi connectivity index (χ2n) is 6.84. The Morgan fingerprint density at radius 2 is 0.943 bits per heavy atom. The van der Waals surface area contributed by atoms with Crippen LogP contribution in [0, 0.1) is 0 Å². The average molecular weight is 564 g/mol. The van der Waals surface area contributed by atoms with Gasteiger partial charge in [0.2, 0.25) is 0 Å². The molecule has 20 heteroatoms. The minimum atomic E-state index is -8.78. The Morgan fingerprint density at radius 3 is 1.26 bits per heavy atom. The SMILES string of the molecule is C=C(CCCC(F)(F)C(F)(F)C(F)(F)C(F)(F)C(F)(F)C(F)(F)C(F)(F)C(F)(F)C(F)F)C(=O)O. The molecule has 0 amide bonds. The van der Waals surface area contributed by atoms with Crippen molar-refractivity contribution in [1.82, 2.24) is 0 Å². The second-order valence-corrected chi connectivity index (χ2v) is 6.84. The van der Waals surface area contributed by atoms with Crippen LogP contribution in [0.4, 0.5) is 79.0 Å². The number of carbonyl (C=O) groups is 1. The van der Waals surface area contributed by atoms with E-state index in [4.69, 9.17) is 5.11 Å². The van der Waals surface area contributed by atoms with E-state index in [1.54, 1.807) is 0 Å². The minimum absolute atomic E-state index is 1.03. The zero-order valence-electron chi connectivity index (χ0n) is 16.1. The summed E-state index contributed by atoms with van der Waals surface area (Å²) in [4.78, 5) is 10.4. The lowest BCUT2D eigenvalue weighted by molar-refractivity contribution is -0.457. The van der Waals surface area contributed by atoms with E-state index in [0.717, 1.165) is 0 Å². The third-order valence-corrected chi connectivity index (χ3v) is 4.40. The van der Waals surface area contributed by atoms with Gasteiger partial charge in [0, 0.05) is 12.0 Å². The minimum Gasteiger partial charge on any atom is -0.478 e. The summed E-state index contributed by atoms with van der Waals surface area (Å²) in [5.41, 5.74) is -1.03. The molecular formula is C15H10F18O2. The molecule has 0 saturated carbocycles. The van der Waals surface area contributed by atoms with Crippen LogP contribution in [0.1, 0.15) is 19.3 Å². The number of aliphatic carboxylic acids is 1. The summed E-state index contributed by atoms with van der Waals surface area (Å²) >= 11 is 0. The van der Waals surface area contributed by atoms with Gasteiger partial charge in [0.15, 0.2) is 0 Å². The molecule has 0 aromatic heterocycles. The van der Waals surface area contributed by atoms with Crippen molar-refractivity contribution in [1.29, 1.82) is 0 Å². The molecule has 0 aliphatic heterocycles. The fourth-order valence-corrected chi connectivity index (χ4v) is 2.15. The highest BCUT2D eigenvalue weighted by Crippen LogP contribution is 2.64. The van der Waals surface area contributed by atoms with Gasteiger partial charge >= 0.3 is 59.8 Å². The molecule has 0 rings (SSSR count). The Balaban J connectivity index is 6.50. The first kappa shape index (κ1) is 33.0. The largest absolute Gasteiger partial charge is 0.478 e. The quantitative estimate of drug-likeness (QED) is 0.191. The Hall–Kier alpha value is -2.05. The van der Waals surface area contributed by atoms with Crippen LogP contribution < -0.4 is 0 Å². The van der Waals surface area contributed by atoms with Gasteiger partial charge in [0.05, 0.1) is 0 Å². The lowest BCUT2D eigenvalue weighted by Gasteiger charge is -2.43. The van der Waals surface area contributed by atoms with Crippen LogP contribution in [-0.2, 0) is 4.79 Å². The Bertz CT molecular complexity index is 800. The van der Waals surface area contributed by atoms with Crippen molar-refractivity contribution in [3.05, 3.63) is 12.2 Å². The van der Waals surface area contributed by atoms with E-state index in [1.165, 1.54) is 0 Å². The van der Waals surface area contributed by atoms with Crippen molar-refractivity contribution in [3.8, 4) is 0 Å². The second kappa shape index (κ2) is 9.11. The average Bonchev–Trinajstić information content (AvgIpc) is 2.66. The first-order chi connectivity index (χ1) is 15.0. The van der Waals surface area contributed by atoms with Crippen molar-refractivity contribution in [3.63, 3.8) is 0 Å². The number of alkyl halides is 18. The highest BCUT2D eigenvalue weighted by molar-refractivity contribution is 5.85. The van der Waals surface area contributed by atoms with Crippen molar-refractivity contribution in [2.24, 2.45) is 0 Å². The smallest absolute Gasteiger partial charge is 0.385 e. The summed E-state index contributed by atoms with van der Waals surface area (Å²) in [6.45, 7) is 2.67. The molecule has 1 N–H and O–H groups in total. The molecule has 0 atom stereocenters. The van der Waals surface area contributed by atoms with Crippen molar-refractivity contribution < 1.29 is 88.9 Å². The van der Waals surface area contributed by atoms with E-state index in [1.807, 2.05) is 0 Å². The predicted molar refractivity (Wildman–Crippen MR) is 76.2 cm³/mol. The van der Waals surface area contributed by atoms with Crippen molar-refractivity contribution in [2.45, 2.75) is 73.1 Å². The van der Waals surface area contributed by atoms with E-state index in [9.17, 15) is 83.8 Å².